The molecule has 222 valence electrons. The lowest BCUT2D eigenvalue weighted by atomic mass is 9.93. The number of hydrogen-bond acceptors (Lipinski definition) is 6. The van der Waals surface area contributed by atoms with Crippen molar-refractivity contribution < 1.29 is 31.6 Å². The Balaban J connectivity index is 1.55. The second-order valence-electron chi connectivity index (χ2n) is 11.1. The first-order chi connectivity index (χ1) is 19.7. The zero-order valence-electron chi connectivity index (χ0n) is 24.1. The van der Waals surface area contributed by atoms with Gasteiger partial charge < -0.3 is 14.6 Å². The maximum Gasteiger partial charge on any atom is 0.393 e. The molecule has 0 fully saturated rings. The highest BCUT2D eigenvalue weighted by molar-refractivity contribution is 5.76. The molecule has 6 nitrogen and oxygen atoms in total. The Morgan fingerprint density at radius 1 is 0.976 bits per heavy atom. The summed E-state index contributed by atoms with van der Waals surface area (Å²) >= 11 is 0. The van der Waals surface area contributed by atoms with Gasteiger partial charge in [0.05, 0.1) is 6.42 Å². The fourth-order valence-corrected chi connectivity index (χ4v) is 4.51. The maximum absolute atomic E-state index is 15.0. The van der Waals surface area contributed by atoms with Crippen molar-refractivity contribution in [2.45, 2.75) is 71.8 Å². The van der Waals surface area contributed by atoms with E-state index in [1.54, 1.807) is 57.2 Å². The highest BCUT2D eigenvalue weighted by Crippen LogP contribution is 2.34. The lowest BCUT2D eigenvalue weighted by molar-refractivity contribution is -0.157. The maximum atomic E-state index is 15.0. The Kier molecular flexibility index (Phi) is 9.15. The van der Waals surface area contributed by atoms with Crippen LogP contribution in [0.1, 0.15) is 50.8 Å². The SMILES string of the molecule is CCC(NCc1ccc(-c2noc(-c3ccc(-c4ccccc4C)c(CC(F)(F)F)c3)n2)cc1F)C(=O)OC(C)(C)C. The number of carbonyl (C=O) groups excluding carboxylic acids is 1. The minimum Gasteiger partial charge on any atom is -0.459 e. The zero-order chi connectivity index (χ0) is 30.7. The van der Waals surface area contributed by atoms with Gasteiger partial charge in [0.2, 0.25) is 5.82 Å². The van der Waals surface area contributed by atoms with Crippen molar-refractivity contribution in [2.75, 3.05) is 0 Å². The van der Waals surface area contributed by atoms with Gasteiger partial charge in [0, 0.05) is 23.2 Å². The van der Waals surface area contributed by atoms with Crippen LogP contribution in [0.3, 0.4) is 0 Å². The summed E-state index contributed by atoms with van der Waals surface area (Å²) in [6.07, 6.45) is -5.08. The van der Waals surface area contributed by atoms with Crippen molar-refractivity contribution >= 4 is 5.97 Å². The van der Waals surface area contributed by atoms with Gasteiger partial charge in [-0.1, -0.05) is 54.5 Å². The largest absolute Gasteiger partial charge is 0.459 e. The van der Waals surface area contributed by atoms with Crippen molar-refractivity contribution in [3.05, 3.63) is 83.2 Å². The summed E-state index contributed by atoms with van der Waals surface area (Å²) in [6, 6.07) is 15.7. The number of benzene rings is 3. The van der Waals surface area contributed by atoms with Crippen molar-refractivity contribution in [1.29, 1.82) is 0 Å². The molecule has 0 spiro atoms. The molecule has 4 aromatic rings. The predicted molar refractivity (Wildman–Crippen MR) is 152 cm³/mol. The van der Waals surface area contributed by atoms with E-state index in [4.69, 9.17) is 9.26 Å². The highest BCUT2D eigenvalue weighted by atomic mass is 19.4. The van der Waals surface area contributed by atoms with Crippen LogP contribution in [0.2, 0.25) is 0 Å². The van der Waals surface area contributed by atoms with Gasteiger partial charge in [-0.2, -0.15) is 18.2 Å². The molecular formula is C32H33F4N3O3. The van der Waals surface area contributed by atoms with E-state index in [9.17, 15) is 22.4 Å². The van der Waals surface area contributed by atoms with Gasteiger partial charge in [-0.05, 0) is 74.6 Å². The Bertz CT molecular complexity index is 1560. The standard InChI is InChI=1S/C32H33F4N3O3/c1-6-27(30(40)41-31(3,4)5)37-18-22-12-11-20(16-26(22)33)28-38-29(42-39-28)21-13-14-25(23(15-21)17-32(34,35)36)24-10-8-7-9-19(24)2/h7-16,27,37H,6,17-18H2,1-5H3. The molecule has 0 saturated carbocycles. The number of hydrogen-bond donors (Lipinski definition) is 1. The summed E-state index contributed by atoms with van der Waals surface area (Å²) < 4.78 is 66.2. The average Bonchev–Trinajstić information content (AvgIpc) is 3.39. The molecule has 0 aliphatic carbocycles. The molecule has 3 aromatic carbocycles. The highest BCUT2D eigenvalue weighted by Gasteiger charge is 2.30. The zero-order valence-corrected chi connectivity index (χ0v) is 24.1. The van der Waals surface area contributed by atoms with E-state index in [2.05, 4.69) is 15.5 Å². The Morgan fingerprint density at radius 2 is 1.69 bits per heavy atom. The Hall–Kier alpha value is -4.05. The molecule has 1 aromatic heterocycles. The number of aryl methyl sites for hydroxylation is 1. The van der Waals surface area contributed by atoms with Crippen LogP contribution in [0.5, 0.6) is 0 Å². The van der Waals surface area contributed by atoms with Crippen molar-refractivity contribution in [3.63, 3.8) is 0 Å². The van der Waals surface area contributed by atoms with Crippen LogP contribution < -0.4 is 5.32 Å². The monoisotopic (exact) mass is 583 g/mol. The fraction of sp³-hybridized carbons (Fsp3) is 0.344. The Morgan fingerprint density at radius 3 is 2.33 bits per heavy atom. The number of halogens is 4. The van der Waals surface area contributed by atoms with E-state index in [-0.39, 0.29) is 23.8 Å². The normalized spacial score (nSPS) is 12.8. The first kappa shape index (κ1) is 30.9. The number of esters is 1. The molecule has 1 atom stereocenters. The summed E-state index contributed by atoms with van der Waals surface area (Å²) in [7, 11) is 0. The molecule has 1 heterocycles. The first-order valence-corrected chi connectivity index (χ1v) is 13.6. The number of nitrogens with one attached hydrogen (secondary N) is 1. The van der Waals surface area contributed by atoms with Crippen molar-refractivity contribution in [2.24, 2.45) is 0 Å². The van der Waals surface area contributed by atoms with E-state index in [0.29, 0.717) is 34.2 Å². The summed E-state index contributed by atoms with van der Waals surface area (Å²) in [5, 5.41) is 6.96. The van der Waals surface area contributed by atoms with Crippen LogP contribution >= 0.6 is 0 Å². The van der Waals surface area contributed by atoms with Gasteiger partial charge in [0.1, 0.15) is 17.5 Å². The molecule has 4 rings (SSSR count). The molecule has 0 saturated heterocycles. The smallest absolute Gasteiger partial charge is 0.393 e. The molecular weight excluding hydrogens is 550 g/mol. The molecule has 1 N–H and O–H groups in total. The lowest BCUT2D eigenvalue weighted by Crippen LogP contribution is -2.40. The first-order valence-electron chi connectivity index (χ1n) is 13.6. The second-order valence-corrected chi connectivity index (χ2v) is 11.1. The van der Waals surface area contributed by atoms with Crippen LogP contribution in [0, 0.1) is 12.7 Å². The fourth-order valence-electron chi connectivity index (χ4n) is 4.51. The third kappa shape index (κ3) is 7.82. The number of ether oxygens (including phenoxy) is 1. The second kappa shape index (κ2) is 12.4. The molecule has 42 heavy (non-hydrogen) atoms. The summed E-state index contributed by atoms with van der Waals surface area (Å²) in [4.78, 5) is 16.7. The van der Waals surface area contributed by atoms with Crippen molar-refractivity contribution in [3.8, 4) is 34.0 Å². The van der Waals surface area contributed by atoms with Gasteiger partial charge in [-0.15, -0.1) is 0 Å². The van der Waals surface area contributed by atoms with E-state index in [0.717, 1.165) is 5.56 Å². The Labute approximate surface area is 242 Å². The van der Waals surface area contributed by atoms with Gasteiger partial charge >= 0.3 is 12.1 Å². The van der Waals surface area contributed by atoms with E-state index < -0.39 is 36.0 Å². The van der Waals surface area contributed by atoms with Crippen LogP contribution in [0.4, 0.5) is 17.6 Å². The summed E-state index contributed by atoms with van der Waals surface area (Å²) in [5.74, 6) is -0.852. The number of carbonyl (C=O) groups is 1. The van der Waals surface area contributed by atoms with Crippen LogP contribution in [0.25, 0.3) is 34.0 Å². The van der Waals surface area contributed by atoms with Gasteiger partial charge in [-0.3, -0.25) is 4.79 Å². The minimum absolute atomic E-state index is 0.0130. The molecule has 0 amide bonds. The topological polar surface area (TPSA) is 77.3 Å². The quantitative estimate of drug-likeness (QED) is 0.160. The minimum atomic E-state index is -4.42. The predicted octanol–water partition coefficient (Wildman–Crippen LogP) is 7.83. The van der Waals surface area contributed by atoms with E-state index in [1.807, 2.05) is 26.0 Å². The van der Waals surface area contributed by atoms with Crippen LogP contribution in [-0.4, -0.2) is 33.9 Å². The molecule has 0 bridgehead atoms. The van der Waals surface area contributed by atoms with E-state index >= 15 is 0 Å². The number of rotatable bonds is 9. The third-order valence-corrected chi connectivity index (χ3v) is 6.55. The summed E-state index contributed by atoms with van der Waals surface area (Å²) in [6.45, 7) is 9.10. The average molecular weight is 584 g/mol. The molecule has 10 heteroatoms. The van der Waals surface area contributed by atoms with Crippen LogP contribution in [-0.2, 0) is 22.5 Å². The third-order valence-electron chi connectivity index (χ3n) is 6.55. The number of aromatic nitrogens is 2. The van der Waals surface area contributed by atoms with E-state index in [1.165, 1.54) is 12.1 Å². The van der Waals surface area contributed by atoms with Crippen LogP contribution in [0.15, 0.2) is 65.2 Å². The van der Waals surface area contributed by atoms with Gasteiger partial charge in [-0.25, -0.2) is 4.39 Å². The summed E-state index contributed by atoms with van der Waals surface area (Å²) in [5.41, 5.74) is 2.45. The number of alkyl halides is 3. The molecule has 0 aliphatic heterocycles. The van der Waals surface area contributed by atoms with Crippen molar-refractivity contribution in [1.82, 2.24) is 15.5 Å². The lowest BCUT2D eigenvalue weighted by Gasteiger charge is -2.24. The molecule has 0 aliphatic rings. The number of nitrogens with zero attached hydrogens (tertiary/aromatic N) is 2. The van der Waals surface area contributed by atoms with Gasteiger partial charge in [0.25, 0.3) is 5.89 Å². The molecule has 0 radical (unpaired) electrons. The molecule has 1 unspecified atom stereocenters. The van der Waals surface area contributed by atoms with Gasteiger partial charge in [0.15, 0.2) is 0 Å².